The van der Waals surface area contributed by atoms with Gasteiger partial charge in [-0.3, -0.25) is 4.79 Å². The highest BCUT2D eigenvalue weighted by atomic mass is 19.1. The summed E-state index contributed by atoms with van der Waals surface area (Å²) in [6.07, 6.45) is 0.992. The first kappa shape index (κ1) is 27.5. The van der Waals surface area contributed by atoms with E-state index in [4.69, 9.17) is 10.7 Å². The van der Waals surface area contributed by atoms with Crippen LogP contribution in [0.2, 0.25) is 0 Å². The Labute approximate surface area is 211 Å². The molecule has 194 valence electrons. The van der Waals surface area contributed by atoms with E-state index >= 15 is 0 Å². The minimum Gasteiger partial charge on any atom is -0.384 e. The van der Waals surface area contributed by atoms with Crippen molar-refractivity contribution in [1.29, 1.82) is 0 Å². The molecule has 0 aliphatic rings. The summed E-state index contributed by atoms with van der Waals surface area (Å²) < 4.78 is 30.6. The summed E-state index contributed by atoms with van der Waals surface area (Å²) in [6, 6.07) is 12.2. The van der Waals surface area contributed by atoms with E-state index < -0.39 is 35.1 Å². The maximum atomic E-state index is 14.7. The van der Waals surface area contributed by atoms with Crippen LogP contribution in [0.1, 0.15) is 58.5 Å². The van der Waals surface area contributed by atoms with Crippen LogP contribution >= 0.6 is 0 Å². The van der Waals surface area contributed by atoms with Gasteiger partial charge in [0.25, 0.3) is 5.91 Å². The second kappa shape index (κ2) is 11.3. The predicted molar refractivity (Wildman–Crippen MR) is 137 cm³/mol. The molecule has 3 rings (SSSR count). The highest BCUT2D eigenvalue weighted by Gasteiger charge is 2.39. The maximum Gasteiger partial charge on any atom is 0.251 e. The summed E-state index contributed by atoms with van der Waals surface area (Å²) in [6.45, 7) is 9.96. The van der Waals surface area contributed by atoms with E-state index in [1.165, 1.54) is 6.92 Å². The van der Waals surface area contributed by atoms with Gasteiger partial charge in [-0.05, 0) is 49.4 Å². The van der Waals surface area contributed by atoms with E-state index in [9.17, 15) is 18.7 Å². The van der Waals surface area contributed by atoms with Gasteiger partial charge < -0.3 is 20.3 Å². The first-order chi connectivity index (χ1) is 16.9. The fourth-order valence-corrected chi connectivity index (χ4v) is 4.32. The number of rotatable bonds is 9. The van der Waals surface area contributed by atoms with Gasteiger partial charge in [-0.1, -0.05) is 51.1 Å². The van der Waals surface area contributed by atoms with Crippen molar-refractivity contribution in [2.75, 3.05) is 6.54 Å². The number of aliphatic hydroxyl groups excluding tert-OH is 1. The molecule has 8 heteroatoms. The van der Waals surface area contributed by atoms with Crippen molar-refractivity contribution in [3.63, 3.8) is 0 Å². The van der Waals surface area contributed by atoms with E-state index in [1.807, 2.05) is 62.6 Å². The third kappa shape index (κ3) is 6.56. The second-order valence-electron chi connectivity index (χ2n) is 10.5. The van der Waals surface area contributed by atoms with Crippen LogP contribution in [-0.2, 0) is 11.3 Å². The Balaban J connectivity index is 2.22. The molecule has 0 saturated carbocycles. The van der Waals surface area contributed by atoms with Crippen molar-refractivity contribution in [3.05, 3.63) is 77.8 Å². The van der Waals surface area contributed by atoms with Crippen LogP contribution in [-0.4, -0.2) is 44.2 Å². The fraction of sp³-hybridized carbons (Fsp3) is 0.429. The zero-order chi connectivity index (χ0) is 26.6. The fourth-order valence-electron chi connectivity index (χ4n) is 4.32. The number of benzene rings is 2. The molecule has 0 radical (unpaired) electrons. The van der Waals surface area contributed by atoms with Gasteiger partial charge in [-0.2, -0.15) is 0 Å². The van der Waals surface area contributed by atoms with Crippen LogP contribution in [0.3, 0.4) is 0 Å². The summed E-state index contributed by atoms with van der Waals surface area (Å²) in [7, 11) is 0. The Morgan fingerprint density at radius 1 is 1.14 bits per heavy atom. The van der Waals surface area contributed by atoms with E-state index in [1.54, 1.807) is 11.1 Å². The number of hydrogen-bond acceptors (Lipinski definition) is 4. The summed E-state index contributed by atoms with van der Waals surface area (Å²) >= 11 is 0. The molecular weight excluding hydrogens is 462 g/mol. The molecule has 0 aliphatic carbocycles. The van der Waals surface area contributed by atoms with Crippen molar-refractivity contribution in [2.24, 2.45) is 11.1 Å². The van der Waals surface area contributed by atoms with Crippen molar-refractivity contribution in [2.45, 2.75) is 65.8 Å². The zero-order valence-corrected chi connectivity index (χ0v) is 21.6. The topological polar surface area (TPSA) is 84.4 Å². The molecular formula is C28H36F2N4O2. The van der Waals surface area contributed by atoms with Gasteiger partial charge in [0.1, 0.15) is 23.6 Å². The Morgan fingerprint density at radius 3 is 2.39 bits per heavy atom. The Hall–Kier alpha value is -3.10. The van der Waals surface area contributed by atoms with Crippen molar-refractivity contribution < 1.29 is 18.7 Å². The molecule has 0 spiro atoms. The molecule has 3 atom stereocenters. The van der Waals surface area contributed by atoms with E-state index in [0.29, 0.717) is 25.3 Å². The van der Waals surface area contributed by atoms with Crippen LogP contribution in [0.15, 0.2) is 54.7 Å². The van der Waals surface area contributed by atoms with E-state index in [2.05, 4.69) is 0 Å². The minimum absolute atomic E-state index is 0.0414. The van der Waals surface area contributed by atoms with Crippen molar-refractivity contribution in [3.8, 4) is 11.3 Å². The number of amides is 1. The highest BCUT2D eigenvalue weighted by molar-refractivity contribution is 5.80. The number of imidazole rings is 1. The number of carbonyl (C=O) groups excluding carboxylic acids is 1. The van der Waals surface area contributed by atoms with Crippen LogP contribution < -0.4 is 5.73 Å². The van der Waals surface area contributed by atoms with Gasteiger partial charge in [-0.15, -0.1) is 0 Å². The van der Waals surface area contributed by atoms with Gasteiger partial charge in [0.15, 0.2) is 0 Å². The normalized spacial score (nSPS) is 14.4. The summed E-state index contributed by atoms with van der Waals surface area (Å²) in [5.74, 6) is -1.08. The lowest BCUT2D eigenvalue weighted by molar-refractivity contribution is -0.145. The highest BCUT2D eigenvalue weighted by Crippen LogP contribution is 2.39. The number of nitrogens with zero attached hydrogens (tertiary/aromatic N) is 3. The van der Waals surface area contributed by atoms with Crippen molar-refractivity contribution >= 4 is 5.91 Å². The number of halogens is 2. The lowest BCUT2D eigenvalue weighted by atomic mass is 9.84. The smallest absolute Gasteiger partial charge is 0.251 e. The van der Waals surface area contributed by atoms with Crippen LogP contribution in [0.25, 0.3) is 11.3 Å². The number of aliphatic hydroxyl groups is 1. The molecule has 1 amide bonds. The Bertz CT molecular complexity index is 1170. The van der Waals surface area contributed by atoms with Crippen LogP contribution in [0.5, 0.6) is 0 Å². The summed E-state index contributed by atoms with van der Waals surface area (Å²) in [5.41, 5.74) is 6.79. The summed E-state index contributed by atoms with van der Waals surface area (Å²) in [4.78, 5) is 19.6. The molecule has 0 aliphatic heterocycles. The molecule has 0 saturated heterocycles. The lowest BCUT2D eigenvalue weighted by Crippen LogP contribution is -2.47. The Kier molecular flexibility index (Phi) is 8.63. The number of aromatic nitrogens is 2. The largest absolute Gasteiger partial charge is 0.384 e. The predicted octanol–water partition coefficient (Wildman–Crippen LogP) is 4.91. The molecule has 6 nitrogen and oxygen atoms in total. The SMILES string of the molecule is C[C@H](O)C(=O)N(CC[C@@H](C)N)[C@@H](c1nc(-c2cc(F)ccc2F)cn1Cc1ccccc1)C(C)(C)C. The quantitative estimate of drug-likeness (QED) is 0.439. The average Bonchev–Trinajstić information content (AvgIpc) is 3.19. The third-order valence-corrected chi connectivity index (χ3v) is 6.05. The molecule has 36 heavy (non-hydrogen) atoms. The summed E-state index contributed by atoms with van der Waals surface area (Å²) in [5, 5.41) is 10.2. The van der Waals surface area contributed by atoms with Crippen LogP contribution in [0, 0.1) is 17.0 Å². The molecule has 3 N–H and O–H groups in total. The van der Waals surface area contributed by atoms with Gasteiger partial charge in [-0.25, -0.2) is 13.8 Å². The third-order valence-electron chi connectivity index (χ3n) is 6.05. The molecule has 3 aromatic rings. The number of nitrogens with two attached hydrogens (primary N) is 1. The van der Waals surface area contributed by atoms with E-state index in [0.717, 1.165) is 23.8 Å². The molecule has 2 aromatic carbocycles. The van der Waals surface area contributed by atoms with Gasteiger partial charge in [0.05, 0.1) is 11.7 Å². The zero-order valence-electron chi connectivity index (χ0n) is 21.6. The average molecular weight is 499 g/mol. The molecule has 0 unspecified atom stereocenters. The maximum absolute atomic E-state index is 14.7. The second-order valence-corrected chi connectivity index (χ2v) is 10.5. The minimum atomic E-state index is -1.22. The van der Waals surface area contributed by atoms with Gasteiger partial charge in [0.2, 0.25) is 0 Å². The molecule has 1 heterocycles. The van der Waals surface area contributed by atoms with Crippen molar-refractivity contribution in [1.82, 2.24) is 14.5 Å². The van der Waals surface area contributed by atoms with Gasteiger partial charge >= 0.3 is 0 Å². The monoisotopic (exact) mass is 498 g/mol. The Morgan fingerprint density at radius 2 is 1.81 bits per heavy atom. The first-order valence-corrected chi connectivity index (χ1v) is 12.2. The standard InChI is InChI=1S/C28H36F2N4O2/c1-18(31)13-14-34(27(36)19(2)35)25(28(3,4)5)26-32-24(22-15-21(29)11-12-23(22)30)17-33(26)16-20-9-7-6-8-10-20/h6-12,15,17-19,25,35H,13-14,16,31H2,1-5H3/t18-,19+,25+/m1/s1. The molecule has 0 bridgehead atoms. The van der Waals surface area contributed by atoms with Gasteiger partial charge in [0, 0.05) is 30.9 Å². The molecule has 1 aromatic heterocycles. The lowest BCUT2D eigenvalue weighted by Gasteiger charge is -2.41. The van der Waals surface area contributed by atoms with E-state index in [-0.39, 0.29) is 17.3 Å². The first-order valence-electron chi connectivity index (χ1n) is 12.2. The number of carbonyl (C=O) groups is 1. The number of hydrogen-bond donors (Lipinski definition) is 2. The molecule has 0 fully saturated rings. The van der Waals surface area contributed by atoms with Crippen LogP contribution in [0.4, 0.5) is 8.78 Å².